The van der Waals surface area contributed by atoms with Gasteiger partial charge in [0.25, 0.3) is 5.91 Å². The molecule has 0 radical (unpaired) electrons. The van der Waals surface area contributed by atoms with Crippen LogP contribution >= 0.6 is 0 Å². The Morgan fingerprint density at radius 2 is 2.24 bits per heavy atom. The van der Waals surface area contributed by atoms with Crippen LogP contribution in [0.3, 0.4) is 0 Å². The Balaban J connectivity index is 1.73. The summed E-state index contributed by atoms with van der Waals surface area (Å²) >= 11 is 0. The van der Waals surface area contributed by atoms with Crippen LogP contribution in [0.4, 0.5) is 0 Å². The van der Waals surface area contributed by atoms with Gasteiger partial charge in [-0.2, -0.15) is 10.2 Å². The first-order valence-corrected chi connectivity index (χ1v) is 8.40. The molecule has 1 fully saturated rings. The summed E-state index contributed by atoms with van der Waals surface area (Å²) < 4.78 is 10.7. The van der Waals surface area contributed by atoms with Gasteiger partial charge in [-0.3, -0.25) is 4.79 Å². The van der Waals surface area contributed by atoms with E-state index >= 15 is 0 Å². The predicted octanol–water partition coefficient (Wildman–Crippen LogP) is 2.77. The molecular formula is C18H20N4O3. The van der Waals surface area contributed by atoms with Crippen molar-refractivity contribution in [1.82, 2.24) is 15.0 Å². The lowest BCUT2D eigenvalue weighted by molar-refractivity contribution is -0.136. The third kappa shape index (κ3) is 3.97. The van der Waals surface area contributed by atoms with Crippen molar-refractivity contribution in [2.45, 2.75) is 38.6 Å². The number of hydrogen-bond donors (Lipinski definition) is 0. The van der Waals surface area contributed by atoms with E-state index in [0.717, 1.165) is 25.7 Å². The summed E-state index contributed by atoms with van der Waals surface area (Å²) in [5, 5.41) is 13.1. The van der Waals surface area contributed by atoms with Crippen LogP contribution < -0.4 is 4.74 Å². The lowest BCUT2D eigenvalue weighted by Gasteiger charge is -2.27. The largest absolute Gasteiger partial charge is 0.482 e. The summed E-state index contributed by atoms with van der Waals surface area (Å²) in [5.41, 5.74) is 0.413. The van der Waals surface area contributed by atoms with E-state index in [-0.39, 0.29) is 18.6 Å². The Labute approximate surface area is 146 Å². The van der Waals surface area contributed by atoms with Gasteiger partial charge in [0.2, 0.25) is 5.89 Å². The highest BCUT2D eigenvalue weighted by atomic mass is 16.5. The molecule has 7 nitrogen and oxygen atoms in total. The average molecular weight is 340 g/mol. The van der Waals surface area contributed by atoms with Crippen molar-refractivity contribution >= 4 is 5.91 Å². The second-order valence-electron chi connectivity index (χ2n) is 6.02. The first-order chi connectivity index (χ1) is 12.2. The first kappa shape index (κ1) is 17.0. The number of rotatable bonds is 4. The summed E-state index contributed by atoms with van der Waals surface area (Å²) in [6, 6.07) is 8.76. The highest BCUT2D eigenvalue weighted by molar-refractivity contribution is 5.78. The lowest BCUT2D eigenvalue weighted by Crippen LogP contribution is -2.38. The van der Waals surface area contributed by atoms with Crippen molar-refractivity contribution in [3.05, 3.63) is 41.5 Å². The van der Waals surface area contributed by atoms with Gasteiger partial charge in [0.15, 0.2) is 12.4 Å². The fourth-order valence-corrected chi connectivity index (χ4v) is 3.03. The van der Waals surface area contributed by atoms with Gasteiger partial charge in [0.1, 0.15) is 11.8 Å². The molecule has 1 aliphatic rings. The zero-order valence-corrected chi connectivity index (χ0v) is 14.1. The van der Waals surface area contributed by atoms with Crippen molar-refractivity contribution in [1.29, 1.82) is 5.26 Å². The van der Waals surface area contributed by atoms with E-state index < -0.39 is 0 Å². The molecule has 1 aliphatic heterocycles. The normalized spacial score (nSPS) is 17.6. The molecule has 1 aromatic heterocycles. The molecule has 25 heavy (non-hydrogen) atoms. The zero-order valence-electron chi connectivity index (χ0n) is 14.1. The Bertz CT molecular complexity index is 781. The summed E-state index contributed by atoms with van der Waals surface area (Å²) in [6.07, 6.45) is 3.82. The van der Waals surface area contributed by atoms with E-state index in [2.05, 4.69) is 16.2 Å². The van der Waals surface area contributed by atoms with E-state index in [4.69, 9.17) is 14.5 Å². The monoisotopic (exact) mass is 340 g/mol. The second kappa shape index (κ2) is 7.79. The summed E-state index contributed by atoms with van der Waals surface area (Å²) in [6.45, 7) is 2.26. The minimum Gasteiger partial charge on any atom is -0.482 e. The molecule has 1 aromatic carbocycles. The molecule has 7 heteroatoms. The summed E-state index contributed by atoms with van der Waals surface area (Å²) in [7, 11) is 0. The molecule has 0 unspecified atom stereocenters. The smallest absolute Gasteiger partial charge is 0.261 e. The molecular weight excluding hydrogens is 320 g/mol. The van der Waals surface area contributed by atoms with Gasteiger partial charge in [0.05, 0.1) is 11.6 Å². The van der Waals surface area contributed by atoms with E-state index in [9.17, 15) is 4.79 Å². The van der Waals surface area contributed by atoms with Gasteiger partial charge in [-0.25, -0.2) is 0 Å². The first-order valence-electron chi connectivity index (χ1n) is 8.40. The van der Waals surface area contributed by atoms with Crippen LogP contribution in [0.1, 0.15) is 49.0 Å². The minimum absolute atomic E-state index is 0.119. The fourth-order valence-electron chi connectivity index (χ4n) is 3.03. The van der Waals surface area contributed by atoms with Crippen molar-refractivity contribution in [3.8, 4) is 11.8 Å². The van der Waals surface area contributed by atoms with Crippen molar-refractivity contribution in [2.75, 3.05) is 13.2 Å². The highest BCUT2D eigenvalue weighted by Gasteiger charge is 2.30. The van der Waals surface area contributed by atoms with E-state index in [1.165, 1.54) is 0 Å². The number of benzene rings is 1. The number of para-hydroxylation sites is 1. The van der Waals surface area contributed by atoms with Crippen LogP contribution in [-0.4, -0.2) is 34.1 Å². The number of nitriles is 1. The van der Waals surface area contributed by atoms with Gasteiger partial charge < -0.3 is 14.2 Å². The third-order valence-corrected chi connectivity index (χ3v) is 4.27. The number of aryl methyl sites for hydroxylation is 1. The maximum atomic E-state index is 12.7. The second-order valence-corrected chi connectivity index (χ2v) is 6.02. The molecule has 0 saturated carbocycles. The number of amides is 1. The summed E-state index contributed by atoms with van der Waals surface area (Å²) in [4.78, 5) is 18.8. The van der Waals surface area contributed by atoms with E-state index in [0.29, 0.717) is 29.6 Å². The Kier molecular flexibility index (Phi) is 5.29. The molecule has 130 valence electrons. The number of ether oxygens (including phenoxy) is 1. The van der Waals surface area contributed by atoms with Gasteiger partial charge >= 0.3 is 0 Å². The number of carbonyl (C=O) groups is 1. The van der Waals surface area contributed by atoms with Crippen LogP contribution in [0.15, 0.2) is 28.8 Å². The number of hydrogen-bond acceptors (Lipinski definition) is 6. The van der Waals surface area contributed by atoms with Crippen LogP contribution in [0.2, 0.25) is 0 Å². The standard InChI is InChI=1S/C18H20N4O3/c1-13-20-18(21-25-13)15-8-3-2-6-10-22(15)17(23)12-24-16-9-5-4-7-14(16)11-19/h4-5,7,9,15H,2-3,6,8,10,12H2,1H3/t15-/m1/s1. The molecule has 0 spiro atoms. The van der Waals surface area contributed by atoms with Gasteiger partial charge in [-0.1, -0.05) is 30.1 Å². The zero-order chi connectivity index (χ0) is 17.6. The SMILES string of the molecule is Cc1nc([C@H]2CCCCCN2C(=O)COc2ccccc2C#N)no1. The quantitative estimate of drug-likeness (QED) is 0.850. The van der Waals surface area contributed by atoms with Crippen LogP contribution in [0.5, 0.6) is 5.75 Å². The number of nitrogens with zero attached hydrogens (tertiary/aromatic N) is 4. The van der Waals surface area contributed by atoms with Crippen molar-refractivity contribution in [3.63, 3.8) is 0 Å². The molecule has 1 saturated heterocycles. The van der Waals surface area contributed by atoms with Crippen molar-refractivity contribution < 1.29 is 14.1 Å². The van der Waals surface area contributed by atoms with Gasteiger partial charge in [-0.15, -0.1) is 0 Å². The fraction of sp³-hybridized carbons (Fsp3) is 0.444. The lowest BCUT2D eigenvalue weighted by atomic mass is 10.1. The molecule has 2 heterocycles. The molecule has 1 atom stereocenters. The summed E-state index contributed by atoms with van der Waals surface area (Å²) in [5.74, 6) is 1.32. The highest BCUT2D eigenvalue weighted by Crippen LogP contribution is 2.28. The third-order valence-electron chi connectivity index (χ3n) is 4.27. The maximum absolute atomic E-state index is 12.7. The Morgan fingerprint density at radius 1 is 1.40 bits per heavy atom. The van der Waals surface area contributed by atoms with Crippen molar-refractivity contribution in [2.24, 2.45) is 0 Å². The molecule has 3 rings (SSSR count). The van der Waals surface area contributed by atoms with Crippen LogP contribution in [0.25, 0.3) is 0 Å². The maximum Gasteiger partial charge on any atom is 0.261 e. The van der Waals surface area contributed by atoms with Crippen LogP contribution in [0, 0.1) is 18.3 Å². The number of carbonyl (C=O) groups excluding carboxylic acids is 1. The van der Waals surface area contributed by atoms with Gasteiger partial charge in [0, 0.05) is 13.5 Å². The average Bonchev–Trinajstić information content (AvgIpc) is 2.92. The minimum atomic E-state index is -0.192. The topological polar surface area (TPSA) is 92.2 Å². The van der Waals surface area contributed by atoms with E-state index in [1.807, 2.05) is 0 Å². The molecule has 0 bridgehead atoms. The number of aromatic nitrogens is 2. The predicted molar refractivity (Wildman–Crippen MR) is 88.6 cm³/mol. The van der Waals surface area contributed by atoms with E-state index in [1.54, 1.807) is 36.1 Å². The number of likely N-dealkylation sites (tertiary alicyclic amines) is 1. The molecule has 0 aliphatic carbocycles. The Morgan fingerprint density at radius 3 is 3.00 bits per heavy atom. The van der Waals surface area contributed by atoms with Crippen LogP contribution in [-0.2, 0) is 4.79 Å². The van der Waals surface area contributed by atoms with Gasteiger partial charge in [-0.05, 0) is 25.0 Å². The molecule has 2 aromatic rings. The molecule has 0 N–H and O–H groups in total. The molecule has 1 amide bonds. The Hall–Kier alpha value is -2.88.